The van der Waals surface area contributed by atoms with Crippen molar-refractivity contribution in [3.63, 3.8) is 0 Å². The van der Waals surface area contributed by atoms with Gasteiger partial charge in [0.05, 0.1) is 0 Å². The number of allylic oxidation sites excluding steroid dienone is 1. The third-order valence-corrected chi connectivity index (χ3v) is 5.45. The van der Waals surface area contributed by atoms with E-state index in [1.54, 1.807) is 6.07 Å². The van der Waals surface area contributed by atoms with E-state index >= 15 is 0 Å². The average Bonchev–Trinajstić information content (AvgIpc) is 3.36. The summed E-state index contributed by atoms with van der Waals surface area (Å²) in [4.78, 5) is 17.2. The number of benzene rings is 1. The molecular weight excluding hydrogens is 340 g/mol. The predicted molar refractivity (Wildman–Crippen MR) is 104 cm³/mol. The fraction of sp³-hybridized carbons (Fsp3) is 0.409. The number of carbonyl (C=O) groups is 1. The zero-order valence-electron chi connectivity index (χ0n) is 15.6. The second-order valence-electron chi connectivity index (χ2n) is 7.24. The third kappa shape index (κ3) is 3.93. The molecule has 142 valence electrons. The van der Waals surface area contributed by atoms with Gasteiger partial charge in [-0.05, 0) is 49.6 Å². The van der Waals surface area contributed by atoms with Crippen molar-refractivity contribution in [2.75, 3.05) is 26.2 Å². The molecule has 1 atom stereocenters. The molecule has 4 rings (SSSR count). The Labute approximate surface area is 160 Å². The molecular formula is C22H26N2O3. The summed E-state index contributed by atoms with van der Waals surface area (Å²) in [6.45, 7) is 7.80. The zero-order chi connectivity index (χ0) is 18.6. The molecule has 0 bridgehead atoms. The van der Waals surface area contributed by atoms with Gasteiger partial charge in [0.1, 0.15) is 18.1 Å². The van der Waals surface area contributed by atoms with E-state index in [0.717, 1.165) is 37.4 Å². The number of nitrogens with zero attached hydrogens (tertiary/aromatic N) is 2. The standard InChI is InChI=1S/C22H26N2O3/c1-2-6-17-7-3-4-9-20(17)26-16-19-10-11-21(27-19)22(25)24-14-13-23-12-5-8-18(23)15-24/h2-4,7,9-11,18H,1,5-6,8,12-16H2/t18-/m1/s1. The van der Waals surface area contributed by atoms with Crippen LogP contribution in [0, 0.1) is 0 Å². The van der Waals surface area contributed by atoms with Crippen LogP contribution < -0.4 is 4.74 Å². The minimum Gasteiger partial charge on any atom is -0.485 e. The number of rotatable bonds is 6. The van der Waals surface area contributed by atoms with Gasteiger partial charge in [-0.25, -0.2) is 0 Å². The molecule has 0 unspecified atom stereocenters. The summed E-state index contributed by atoms with van der Waals surface area (Å²) in [5, 5.41) is 0. The highest BCUT2D eigenvalue weighted by Crippen LogP contribution is 2.24. The Morgan fingerprint density at radius 1 is 1.22 bits per heavy atom. The van der Waals surface area contributed by atoms with Crippen molar-refractivity contribution in [3.05, 3.63) is 66.1 Å². The molecule has 2 aliphatic heterocycles. The molecule has 27 heavy (non-hydrogen) atoms. The molecule has 2 saturated heterocycles. The lowest BCUT2D eigenvalue weighted by molar-refractivity contribution is 0.0538. The van der Waals surface area contributed by atoms with Crippen LogP contribution in [0.3, 0.4) is 0 Å². The summed E-state index contributed by atoms with van der Waals surface area (Å²) in [6.07, 6.45) is 5.04. The van der Waals surface area contributed by atoms with Gasteiger partial charge in [-0.2, -0.15) is 0 Å². The summed E-state index contributed by atoms with van der Waals surface area (Å²) in [6, 6.07) is 12.0. The third-order valence-electron chi connectivity index (χ3n) is 5.45. The van der Waals surface area contributed by atoms with Crippen LogP contribution >= 0.6 is 0 Å². The summed E-state index contributed by atoms with van der Waals surface area (Å²) in [7, 11) is 0. The SMILES string of the molecule is C=CCc1ccccc1OCc1ccc(C(=O)N2CCN3CCC[C@@H]3C2)o1. The summed E-state index contributed by atoms with van der Waals surface area (Å²) in [5.74, 6) is 1.87. The number of para-hydroxylation sites is 1. The number of carbonyl (C=O) groups excluding carboxylic acids is 1. The maximum absolute atomic E-state index is 12.8. The first-order valence-electron chi connectivity index (χ1n) is 9.68. The molecule has 0 radical (unpaired) electrons. The maximum Gasteiger partial charge on any atom is 0.289 e. The molecule has 5 nitrogen and oxygen atoms in total. The van der Waals surface area contributed by atoms with Crippen molar-refractivity contribution < 1.29 is 13.9 Å². The van der Waals surface area contributed by atoms with E-state index in [0.29, 0.717) is 24.2 Å². The smallest absolute Gasteiger partial charge is 0.289 e. The lowest BCUT2D eigenvalue weighted by Crippen LogP contribution is -2.51. The van der Waals surface area contributed by atoms with E-state index in [2.05, 4.69) is 11.5 Å². The minimum atomic E-state index is -0.0140. The molecule has 5 heteroatoms. The molecule has 1 aromatic carbocycles. The fourth-order valence-electron chi connectivity index (χ4n) is 4.02. The Balaban J connectivity index is 1.37. The topological polar surface area (TPSA) is 45.9 Å². The lowest BCUT2D eigenvalue weighted by atomic mass is 10.1. The Kier molecular flexibility index (Phi) is 5.30. The van der Waals surface area contributed by atoms with Crippen LogP contribution in [-0.4, -0.2) is 47.9 Å². The van der Waals surface area contributed by atoms with E-state index in [1.807, 2.05) is 41.3 Å². The van der Waals surface area contributed by atoms with Gasteiger partial charge in [-0.15, -0.1) is 6.58 Å². The van der Waals surface area contributed by atoms with E-state index < -0.39 is 0 Å². The molecule has 2 fully saturated rings. The average molecular weight is 366 g/mol. The number of amides is 1. The van der Waals surface area contributed by atoms with Gasteiger partial charge < -0.3 is 14.1 Å². The number of hydrogen-bond acceptors (Lipinski definition) is 4. The highest BCUT2D eigenvalue weighted by atomic mass is 16.5. The maximum atomic E-state index is 12.8. The van der Waals surface area contributed by atoms with E-state index in [9.17, 15) is 4.79 Å². The number of hydrogen-bond donors (Lipinski definition) is 0. The van der Waals surface area contributed by atoms with Crippen molar-refractivity contribution in [1.82, 2.24) is 9.80 Å². The van der Waals surface area contributed by atoms with Crippen LogP contribution in [0.4, 0.5) is 0 Å². The van der Waals surface area contributed by atoms with Crippen LogP contribution in [0.5, 0.6) is 5.75 Å². The minimum absolute atomic E-state index is 0.0140. The van der Waals surface area contributed by atoms with Crippen molar-refractivity contribution >= 4 is 5.91 Å². The monoisotopic (exact) mass is 366 g/mol. The molecule has 0 spiro atoms. The van der Waals surface area contributed by atoms with Crippen molar-refractivity contribution in [2.24, 2.45) is 0 Å². The number of fused-ring (bicyclic) bond motifs is 1. The van der Waals surface area contributed by atoms with Crippen molar-refractivity contribution in [1.29, 1.82) is 0 Å². The number of piperazine rings is 1. The molecule has 0 aliphatic carbocycles. The highest BCUT2D eigenvalue weighted by molar-refractivity contribution is 5.91. The summed E-state index contributed by atoms with van der Waals surface area (Å²) < 4.78 is 11.7. The Morgan fingerprint density at radius 3 is 3.00 bits per heavy atom. The highest BCUT2D eigenvalue weighted by Gasteiger charge is 2.33. The normalized spacial score (nSPS) is 19.7. The van der Waals surface area contributed by atoms with Crippen LogP contribution in [-0.2, 0) is 13.0 Å². The Bertz CT molecular complexity index is 813. The Morgan fingerprint density at radius 2 is 2.11 bits per heavy atom. The summed E-state index contributed by atoms with van der Waals surface area (Å²) in [5.41, 5.74) is 1.09. The molecule has 2 aliphatic rings. The van der Waals surface area contributed by atoms with Crippen LogP contribution in [0.25, 0.3) is 0 Å². The molecule has 0 saturated carbocycles. The zero-order valence-corrected chi connectivity index (χ0v) is 15.6. The second-order valence-corrected chi connectivity index (χ2v) is 7.24. The van der Waals surface area contributed by atoms with Gasteiger partial charge in [0.2, 0.25) is 0 Å². The summed E-state index contributed by atoms with van der Waals surface area (Å²) >= 11 is 0. The molecule has 3 heterocycles. The predicted octanol–water partition coefficient (Wildman–Crippen LogP) is 3.51. The van der Waals surface area contributed by atoms with Crippen molar-refractivity contribution in [2.45, 2.75) is 31.9 Å². The van der Waals surface area contributed by atoms with E-state index in [4.69, 9.17) is 9.15 Å². The second kappa shape index (κ2) is 8.01. The molecule has 1 aromatic heterocycles. The van der Waals surface area contributed by atoms with E-state index in [1.165, 1.54) is 19.4 Å². The lowest BCUT2D eigenvalue weighted by Gasteiger charge is -2.37. The first-order valence-corrected chi connectivity index (χ1v) is 9.68. The van der Waals surface area contributed by atoms with Gasteiger partial charge in [-0.1, -0.05) is 24.3 Å². The first-order chi connectivity index (χ1) is 13.2. The number of furan rings is 1. The largest absolute Gasteiger partial charge is 0.485 e. The quantitative estimate of drug-likeness (QED) is 0.734. The van der Waals surface area contributed by atoms with Gasteiger partial charge >= 0.3 is 0 Å². The van der Waals surface area contributed by atoms with Gasteiger partial charge in [0.25, 0.3) is 5.91 Å². The van der Waals surface area contributed by atoms with Gasteiger partial charge in [0.15, 0.2) is 5.76 Å². The van der Waals surface area contributed by atoms with Gasteiger partial charge in [0, 0.05) is 25.7 Å². The molecule has 0 N–H and O–H groups in total. The van der Waals surface area contributed by atoms with Crippen LogP contribution in [0.15, 0.2) is 53.5 Å². The first kappa shape index (κ1) is 17.9. The fourth-order valence-corrected chi connectivity index (χ4v) is 4.02. The van der Waals surface area contributed by atoms with Crippen molar-refractivity contribution in [3.8, 4) is 5.75 Å². The molecule has 2 aromatic rings. The number of ether oxygens (including phenoxy) is 1. The van der Waals surface area contributed by atoms with Gasteiger partial charge in [-0.3, -0.25) is 9.69 Å². The van der Waals surface area contributed by atoms with Crippen LogP contribution in [0.2, 0.25) is 0 Å². The molecule has 1 amide bonds. The van der Waals surface area contributed by atoms with E-state index in [-0.39, 0.29) is 5.91 Å². The Hall–Kier alpha value is -2.53. The van der Waals surface area contributed by atoms with Crippen LogP contribution in [0.1, 0.15) is 34.7 Å².